The number of aromatic hydroxyl groups is 2. The van der Waals surface area contributed by atoms with Crippen molar-refractivity contribution in [2.45, 2.75) is 47.2 Å². The maximum absolute atomic E-state index is 13.1. The third kappa shape index (κ3) is 21.1. The first-order valence-corrected chi connectivity index (χ1v) is 38.3. The van der Waals surface area contributed by atoms with Gasteiger partial charge in [-0.1, -0.05) is 32.3 Å². The number of anilines is 6. The lowest BCUT2D eigenvalue weighted by atomic mass is 10.1. The second-order valence-electron chi connectivity index (χ2n) is 19.7. The molecule has 0 aliphatic carbocycles. The van der Waals surface area contributed by atoms with E-state index in [-0.39, 0.29) is 135 Å². The molecule has 0 saturated carbocycles. The summed E-state index contributed by atoms with van der Waals surface area (Å²) in [7, 11) is -23.4. The minimum absolute atomic E-state index is 0.0352. The van der Waals surface area contributed by atoms with Gasteiger partial charge < -0.3 is 31.5 Å². The predicted molar refractivity (Wildman–Crippen MR) is 359 cm³/mol. The summed E-state index contributed by atoms with van der Waals surface area (Å²) in [6.45, 7) is 0.180. The quantitative estimate of drug-likeness (QED) is 0.00433. The Balaban J connectivity index is 0.975. The molecular formula is C49H42Cl2N14O29S9. The van der Waals surface area contributed by atoms with Crippen molar-refractivity contribution >= 4 is 212 Å². The summed E-state index contributed by atoms with van der Waals surface area (Å²) in [5.74, 6) is -4.37. The molecule has 1 unspecified atom stereocenters. The van der Waals surface area contributed by atoms with Crippen LogP contribution in [-0.2, 0) is 96.2 Å². The topological polar surface area (TPSA) is 620 Å². The van der Waals surface area contributed by atoms with Crippen LogP contribution in [0.2, 0.25) is 10.6 Å². The van der Waals surface area contributed by atoms with Crippen molar-refractivity contribution in [3.05, 3.63) is 102 Å². The first-order chi connectivity index (χ1) is 48.8. The van der Waals surface area contributed by atoms with E-state index in [0.717, 1.165) is 42.5 Å². The Labute approximate surface area is 604 Å². The molecule has 550 valence electrons. The lowest BCUT2D eigenvalue weighted by molar-refractivity contribution is -0.434. The second kappa shape index (κ2) is 34.5. The first-order valence-electron chi connectivity index (χ1n) is 27.1. The molecule has 0 bridgehead atoms. The van der Waals surface area contributed by atoms with Crippen molar-refractivity contribution in [2.24, 2.45) is 20.5 Å². The normalized spacial score (nSPS) is 12.9. The van der Waals surface area contributed by atoms with Gasteiger partial charge >= 0.3 is 10.4 Å². The molecule has 0 saturated heterocycles. The standard InChI is InChI=1S/C49H42Cl2N14O29S9/c1-22(21-52-46-56-44(50)58-48(60-46)54-33-19-27(95-91-87-68)14-24-18-36(102(79,80)81)40(42(67)37(24)33)65-62-26-3-5-28(6-4-26)99(72,73)13-11-86-103(82,83)84)53-47-57-45(51)59-49(61-47)55-34-20-30(101(76,77)78)16-25-17-35(96-92-88-69)39(41(66)38(25)34)64-63-32-9-2-23-15-29(7-8-31(23)43(32)97-93-89-70)100(74,75)12-10-85-98-94-90-71/h2-9,14-20,22,66-71H,10-13,21H2,1H3,(H,76,77,78)(H,79,80,81)(H,82,83,84)(H2,52,54,56,58,60)(H2,53,55,57,59,61)/b64-63+,65-62+. The number of aromatic nitrogens is 6. The van der Waals surface area contributed by atoms with Crippen molar-refractivity contribution in [3.63, 3.8) is 0 Å². The van der Waals surface area contributed by atoms with Gasteiger partial charge in [0.25, 0.3) is 20.2 Å². The molecule has 2 heterocycles. The number of nitrogens with one attached hydrogen (secondary N) is 4. The van der Waals surface area contributed by atoms with Crippen molar-refractivity contribution in [2.75, 3.05) is 52.5 Å². The smallest absolute Gasteiger partial charge is 0.397 e. The Morgan fingerprint density at radius 3 is 1.75 bits per heavy atom. The number of hydrogen-bond acceptors (Lipinski definition) is 44. The third-order valence-corrected chi connectivity index (χ3v) is 21.2. The zero-order chi connectivity index (χ0) is 74.6. The molecule has 1 atom stereocenters. The fraction of sp³-hybridized carbons (Fsp3) is 0.143. The lowest BCUT2D eigenvalue weighted by Crippen LogP contribution is -2.27. The van der Waals surface area contributed by atoms with Gasteiger partial charge in [0.05, 0.1) is 102 Å². The Kier molecular flexibility index (Phi) is 26.7. The number of hydrogen-bond donors (Lipinski definition) is 13. The second-order valence-corrected chi connectivity index (χ2v) is 31.2. The maximum Gasteiger partial charge on any atom is 0.397 e. The molecule has 7 aromatic carbocycles. The summed E-state index contributed by atoms with van der Waals surface area (Å²) in [5.41, 5.74) is -2.02. The molecule has 0 aliphatic rings. The van der Waals surface area contributed by atoms with Crippen LogP contribution < -0.4 is 21.3 Å². The van der Waals surface area contributed by atoms with Crippen LogP contribution in [0.4, 0.5) is 57.9 Å². The van der Waals surface area contributed by atoms with E-state index in [1.165, 1.54) is 48.5 Å². The highest BCUT2D eigenvalue weighted by Crippen LogP contribution is 2.50. The van der Waals surface area contributed by atoms with Crippen LogP contribution in [0, 0.1) is 0 Å². The molecule has 0 radical (unpaired) electrons. The van der Waals surface area contributed by atoms with E-state index < -0.39 is 124 Å². The molecule has 9 rings (SSSR count). The molecule has 0 fully saturated rings. The van der Waals surface area contributed by atoms with Crippen LogP contribution in [0.15, 0.2) is 146 Å². The van der Waals surface area contributed by atoms with E-state index in [0.29, 0.717) is 24.1 Å². The van der Waals surface area contributed by atoms with Gasteiger partial charge in [0.15, 0.2) is 43.5 Å². The summed E-state index contributed by atoms with van der Waals surface area (Å²) in [6.07, 6.45) is 0. The van der Waals surface area contributed by atoms with Gasteiger partial charge in [-0.2, -0.15) is 60.3 Å². The zero-order valence-corrected chi connectivity index (χ0v) is 59.2. The highest BCUT2D eigenvalue weighted by molar-refractivity contribution is 7.95. The van der Waals surface area contributed by atoms with Crippen LogP contribution in [-0.4, -0.2) is 154 Å². The van der Waals surface area contributed by atoms with Gasteiger partial charge in [-0.3, -0.25) is 17.8 Å². The fourth-order valence-corrected chi connectivity index (χ4v) is 14.9. The number of nitrogens with zero attached hydrogens (tertiary/aromatic N) is 10. The van der Waals surface area contributed by atoms with Gasteiger partial charge in [0.2, 0.25) is 34.4 Å². The van der Waals surface area contributed by atoms with Crippen LogP contribution in [0.3, 0.4) is 0 Å². The van der Waals surface area contributed by atoms with Crippen molar-refractivity contribution in [1.29, 1.82) is 0 Å². The van der Waals surface area contributed by atoms with Gasteiger partial charge in [-0.05, 0) is 125 Å². The van der Waals surface area contributed by atoms with E-state index in [2.05, 4.69) is 109 Å². The minimum atomic E-state index is -5.25. The summed E-state index contributed by atoms with van der Waals surface area (Å²) in [5, 5.41) is 101. The van der Waals surface area contributed by atoms with Gasteiger partial charge in [-0.25, -0.2) is 42.0 Å². The molecule has 2 aromatic heterocycles. The number of halogens is 2. The number of azo groups is 2. The number of phenolic OH excluding ortho intramolecular Hbond substituents is 2. The highest BCUT2D eigenvalue weighted by Gasteiger charge is 2.28. The number of benzene rings is 7. The summed E-state index contributed by atoms with van der Waals surface area (Å²) >= 11 is 13.9. The molecule has 43 nitrogen and oxygen atoms in total. The van der Waals surface area contributed by atoms with E-state index in [4.69, 9.17) is 57.3 Å². The average molecular weight is 1650 g/mol. The van der Waals surface area contributed by atoms with E-state index in [1.807, 2.05) is 0 Å². The molecular weight excluding hydrogens is 1610 g/mol. The van der Waals surface area contributed by atoms with Crippen LogP contribution in [0.1, 0.15) is 6.92 Å². The fourth-order valence-electron chi connectivity index (χ4n) is 8.89. The highest BCUT2D eigenvalue weighted by atomic mass is 35.5. The number of sulfone groups is 2. The number of rotatable bonds is 36. The average Bonchev–Trinajstić information content (AvgIpc) is 0.762. The third-order valence-electron chi connectivity index (χ3n) is 13.1. The molecule has 9 aromatic rings. The van der Waals surface area contributed by atoms with Crippen molar-refractivity contribution in [1.82, 2.24) is 29.9 Å². The van der Waals surface area contributed by atoms with E-state index in [9.17, 15) is 61.4 Å². The Morgan fingerprint density at radius 2 is 1.10 bits per heavy atom. The molecule has 13 N–H and O–H groups in total. The molecule has 0 aliphatic heterocycles. The van der Waals surface area contributed by atoms with Crippen molar-refractivity contribution in [3.8, 4) is 11.5 Å². The molecule has 103 heavy (non-hydrogen) atoms. The minimum Gasteiger partial charge on any atom is -0.505 e. The molecule has 0 amide bonds. The maximum atomic E-state index is 13.1. The lowest BCUT2D eigenvalue weighted by Gasteiger charge is -2.17. The van der Waals surface area contributed by atoms with Gasteiger partial charge in [0.1, 0.15) is 22.0 Å². The summed E-state index contributed by atoms with van der Waals surface area (Å²) < 4.78 is 181. The summed E-state index contributed by atoms with van der Waals surface area (Å²) in [6, 6.07) is 16.5. The Hall–Kier alpha value is -7.61. The molecule has 0 spiro atoms. The number of fused-ring (bicyclic) bond motifs is 3. The Morgan fingerprint density at radius 1 is 0.534 bits per heavy atom. The SMILES string of the molecule is CC(CNc1nc(Cl)nc(Nc2cc(SOOO)cc3cc(S(=O)(=O)O)c(/N=N/c4ccc(S(=O)(=O)CCOS(=O)(=O)O)cc4)c(O)c23)n1)Nc1nc(Cl)nc(Nc2cc(S(=O)(=O)O)cc3cc(SOOO)c(/N=N/c4ccc5cc(S(=O)(=O)CCOSOOO)ccc5c4SOOO)c(O)c23)n1. The van der Waals surface area contributed by atoms with E-state index >= 15 is 0 Å². The van der Waals surface area contributed by atoms with Gasteiger partial charge in [0, 0.05) is 33.6 Å². The Bertz CT molecular complexity index is 5350. The number of phenols is 2. The van der Waals surface area contributed by atoms with E-state index in [1.54, 1.807) is 6.92 Å². The van der Waals surface area contributed by atoms with Crippen LogP contribution in [0.25, 0.3) is 32.3 Å². The monoisotopic (exact) mass is 1650 g/mol. The zero-order valence-electron chi connectivity index (χ0n) is 50.4. The predicted octanol–water partition coefficient (Wildman–Crippen LogP) is 10.6. The van der Waals surface area contributed by atoms with Gasteiger partial charge in [-0.15, -0.1) is 32.7 Å². The molecule has 54 heteroatoms. The van der Waals surface area contributed by atoms with Crippen molar-refractivity contribution < 1.29 is 133 Å². The summed E-state index contributed by atoms with van der Waals surface area (Å²) in [4.78, 5) is 22.6. The largest absolute Gasteiger partial charge is 0.505 e. The van der Waals surface area contributed by atoms with Crippen LogP contribution in [0.5, 0.6) is 11.5 Å². The van der Waals surface area contributed by atoms with Crippen LogP contribution >= 0.6 is 71.7 Å². The first kappa shape index (κ1) is 79.5.